The molecule has 0 spiro atoms. The van der Waals surface area contributed by atoms with Crippen LogP contribution in [0.25, 0.3) is 5.69 Å². The van der Waals surface area contributed by atoms with Crippen molar-refractivity contribution in [2.45, 2.75) is 32.1 Å². The Morgan fingerprint density at radius 2 is 1.78 bits per heavy atom. The molecule has 4 rings (SSSR count). The number of sulfone groups is 1. The number of aromatic nitrogens is 2. The standard InChI is InChI=1S/C27H26FN3O4S/c1-4-36(33,34)24-11-8-20(9-12-24)15-27(32)29-22-10-13-25(31-19(3)14-18(2)30-31)26(17-22)35-23-7-5-6-21(28)16-23/h5-14,16-17H,4,15H2,1-3H3,(H,29,32). The molecule has 0 bridgehead atoms. The predicted octanol–water partition coefficient (Wildman–Crippen LogP) is 5.40. The van der Waals surface area contributed by atoms with Gasteiger partial charge in [0.05, 0.1) is 22.8 Å². The lowest BCUT2D eigenvalue weighted by molar-refractivity contribution is -0.115. The molecule has 0 saturated heterocycles. The van der Waals surface area contributed by atoms with Crippen molar-refractivity contribution in [2.24, 2.45) is 0 Å². The Balaban J connectivity index is 1.58. The van der Waals surface area contributed by atoms with Crippen molar-refractivity contribution in [2.75, 3.05) is 11.1 Å². The molecule has 0 aliphatic rings. The van der Waals surface area contributed by atoms with E-state index in [9.17, 15) is 17.6 Å². The van der Waals surface area contributed by atoms with Crippen molar-refractivity contribution in [1.29, 1.82) is 0 Å². The van der Waals surface area contributed by atoms with Gasteiger partial charge in [0.25, 0.3) is 0 Å². The second-order valence-corrected chi connectivity index (χ2v) is 10.6. The quantitative estimate of drug-likeness (QED) is 0.345. The SMILES string of the molecule is CCS(=O)(=O)c1ccc(CC(=O)Nc2ccc(-n3nc(C)cc3C)c(Oc3cccc(F)c3)c2)cc1. The number of anilines is 1. The maximum Gasteiger partial charge on any atom is 0.228 e. The average Bonchev–Trinajstić information content (AvgIpc) is 3.17. The van der Waals surface area contributed by atoms with Crippen molar-refractivity contribution in [3.05, 3.63) is 95.6 Å². The molecule has 36 heavy (non-hydrogen) atoms. The number of nitrogens with zero attached hydrogens (tertiary/aromatic N) is 2. The Labute approximate surface area is 209 Å². The van der Waals surface area contributed by atoms with Gasteiger partial charge in [-0.15, -0.1) is 0 Å². The number of hydrogen-bond donors (Lipinski definition) is 1. The zero-order chi connectivity index (χ0) is 25.9. The molecule has 1 amide bonds. The van der Waals surface area contributed by atoms with Gasteiger partial charge < -0.3 is 10.1 Å². The number of hydrogen-bond acceptors (Lipinski definition) is 5. The summed E-state index contributed by atoms with van der Waals surface area (Å²) in [6.45, 7) is 5.39. The Kier molecular flexibility index (Phi) is 7.21. The molecular formula is C27H26FN3O4S. The zero-order valence-corrected chi connectivity index (χ0v) is 21.0. The maximum absolute atomic E-state index is 13.7. The van der Waals surface area contributed by atoms with Crippen LogP contribution >= 0.6 is 0 Å². The molecule has 7 nitrogen and oxygen atoms in total. The number of benzene rings is 3. The third-order valence-corrected chi connectivity index (χ3v) is 7.28. The van der Waals surface area contributed by atoms with Gasteiger partial charge in [-0.3, -0.25) is 4.79 Å². The number of rotatable bonds is 8. The van der Waals surface area contributed by atoms with Gasteiger partial charge in [0.1, 0.15) is 17.3 Å². The van der Waals surface area contributed by atoms with Crippen molar-refractivity contribution in [1.82, 2.24) is 9.78 Å². The number of halogens is 1. The highest BCUT2D eigenvalue weighted by Crippen LogP contribution is 2.32. The molecule has 0 unspecified atom stereocenters. The number of carbonyl (C=O) groups is 1. The fraction of sp³-hybridized carbons (Fsp3) is 0.185. The first-order valence-electron chi connectivity index (χ1n) is 11.4. The normalized spacial score (nSPS) is 11.3. The van der Waals surface area contributed by atoms with E-state index in [1.807, 2.05) is 19.9 Å². The van der Waals surface area contributed by atoms with Gasteiger partial charge in [-0.1, -0.05) is 25.1 Å². The molecule has 1 heterocycles. The van der Waals surface area contributed by atoms with Crippen LogP contribution in [0.4, 0.5) is 10.1 Å². The molecular weight excluding hydrogens is 481 g/mol. The van der Waals surface area contributed by atoms with Crippen LogP contribution in [0.5, 0.6) is 11.5 Å². The summed E-state index contributed by atoms with van der Waals surface area (Å²) in [5, 5.41) is 7.35. The summed E-state index contributed by atoms with van der Waals surface area (Å²) in [4.78, 5) is 12.9. The van der Waals surface area contributed by atoms with Gasteiger partial charge in [-0.25, -0.2) is 17.5 Å². The third kappa shape index (κ3) is 5.80. The number of nitrogens with one attached hydrogen (secondary N) is 1. The second kappa shape index (κ2) is 10.3. The fourth-order valence-electron chi connectivity index (χ4n) is 3.75. The number of ether oxygens (including phenoxy) is 1. The van der Waals surface area contributed by atoms with Gasteiger partial charge in [-0.05, 0) is 61.9 Å². The van der Waals surface area contributed by atoms with E-state index in [1.165, 1.54) is 24.3 Å². The highest BCUT2D eigenvalue weighted by atomic mass is 32.2. The Morgan fingerprint density at radius 1 is 1.03 bits per heavy atom. The molecule has 1 aromatic heterocycles. The highest BCUT2D eigenvalue weighted by molar-refractivity contribution is 7.91. The predicted molar refractivity (Wildman–Crippen MR) is 136 cm³/mol. The van der Waals surface area contributed by atoms with E-state index in [1.54, 1.807) is 54.1 Å². The van der Waals surface area contributed by atoms with Gasteiger partial charge >= 0.3 is 0 Å². The first-order chi connectivity index (χ1) is 17.1. The molecule has 0 aliphatic heterocycles. The summed E-state index contributed by atoms with van der Waals surface area (Å²) in [7, 11) is -3.30. The van der Waals surface area contributed by atoms with E-state index in [4.69, 9.17) is 4.74 Å². The monoisotopic (exact) mass is 507 g/mol. The zero-order valence-electron chi connectivity index (χ0n) is 20.2. The van der Waals surface area contributed by atoms with Crippen LogP contribution in [0.1, 0.15) is 23.9 Å². The van der Waals surface area contributed by atoms with Gasteiger partial charge in [0.2, 0.25) is 5.91 Å². The van der Waals surface area contributed by atoms with Crippen molar-refractivity contribution >= 4 is 21.4 Å². The first kappa shape index (κ1) is 25.1. The molecule has 0 saturated carbocycles. The van der Waals surface area contributed by atoms with Crippen LogP contribution in [0.15, 0.2) is 77.7 Å². The molecule has 0 fully saturated rings. The molecule has 0 aliphatic carbocycles. The molecule has 9 heteroatoms. The summed E-state index contributed by atoms with van der Waals surface area (Å²) in [5.74, 6) is 0.00154. The van der Waals surface area contributed by atoms with E-state index in [0.29, 0.717) is 28.4 Å². The number of amides is 1. The maximum atomic E-state index is 13.7. The molecule has 0 atom stereocenters. The second-order valence-electron chi connectivity index (χ2n) is 8.35. The largest absolute Gasteiger partial charge is 0.455 e. The Hall–Kier alpha value is -3.98. The summed E-state index contributed by atoms with van der Waals surface area (Å²) in [5.41, 5.74) is 3.52. The minimum absolute atomic E-state index is 0.0144. The van der Waals surface area contributed by atoms with Gasteiger partial charge in [-0.2, -0.15) is 5.10 Å². The van der Waals surface area contributed by atoms with Crippen molar-refractivity contribution in [3.8, 4) is 17.2 Å². The van der Waals surface area contributed by atoms with Gasteiger partial charge in [0.15, 0.2) is 15.6 Å². The summed E-state index contributed by atoms with van der Waals surface area (Å²) < 4.78 is 45.4. The Morgan fingerprint density at radius 3 is 2.42 bits per heavy atom. The number of carbonyl (C=O) groups excluding carboxylic acids is 1. The summed E-state index contributed by atoms with van der Waals surface area (Å²) >= 11 is 0. The van der Waals surface area contributed by atoms with Gasteiger partial charge in [0, 0.05) is 23.5 Å². The smallest absolute Gasteiger partial charge is 0.228 e. The van der Waals surface area contributed by atoms with E-state index >= 15 is 0 Å². The van der Waals surface area contributed by atoms with Crippen molar-refractivity contribution in [3.63, 3.8) is 0 Å². The van der Waals surface area contributed by atoms with Crippen LogP contribution in [-0.2, 0) is 21.1 Å². The molecule has 0 radical (unpaired) electrons. The lowest BCUT2D eigenvalue weighted by atomic mass is 10.1. The lowest BCUT2D eigenvalue weighted by Crippen LogP contribution is -2.15. The van der Waals surface area contributed by atoms with Crippen LogP contribution in [0, 0.1) is 19.7 Å². The molecule has 186 valence electrons. The summed E-state index contributed by atoms with van der Waals surface area (Å²) in [6, 6.07) is 19.2. The lowest BCUT2D eigenvalue weighted by Gasteiger charge is -2.15. The summed E-state index contributed by atoms with van der Waals surface area (Å²) in [6.07, 6.45) is 0.0613. The highest BCUT2D eigenvalue weighted by Gasteiger charge is 2.15. The molecule has 3 aromatic carbocycles. The molecule has 4 aromatic rings. The van der Waals surface area contributed by atoms with E-state index in [-0.39, 0.29) is 23.0 Å². The van der Waals surface area contributed by atoms with E-state index in [2.05, 4.69) is 10.4 Å². The van der Waals surface area contributed by atoms with E-state index in [0.717, 1.165) is 11.4 Å². The minimum atomic E-state index is -3.30. The minimum Gasteiger partial charge on any atom is -0.455 e. The molecule has 1 N–H and O–H groups in total. The van der Waals surface area contributed by atoms with Crippen LogP contribution < -0.4 is 10.1 Å². The Bertz CT molecular complexity index is 1510. The number of aryl methyl sites for hydroxylation is 2. The average molecular weight is 508 g/mol. The topological polar surface area (TPSA) is 90.3 Å². The first-order valence-corrected chi connectivity index (χ1v) is 13.0. The third-order valence-electron chi connectivity index (χ3n) is 5.53. The fourth-order valence-corrected chi connectivity index (χ4v) is 4.63. The van der Waals surface area contributed by atoms with Crippen LogP contribution in [-0.4, -0.2) is 29.9 Å². The van der Waals surface area contributed by atoms with Crippen LogP contribution in [0.2, 0.25) is 0 Å². The van der Waals surface area contributed by atoms with Crippen molar-refractivity contribution < 1.29 is 22.3 Å². The van der Waals surface area contributed by atoms with E-state index < -0.39 is 15.7 Å². The van der Waals surface area contributed by atoms with Crippen LogP contribution in [0.3, 0.4) is 0 Å².